The Bertz CT molecular complexity index is 911. The van der Waals surface area contributed by atoms with Crippen LogP contribution >= 0.6 is 12.2 Å². The van der Waals surface area contributed by atoms with Gasteiger partial charge in [0.1, 0.15) is 5.82 Å². The van der Waals surface area contributed by atoms with E-state index < -0.39 is 0 Å². The fourth-order valence-corrected chi connectivity index (χ4v) is 3.41. The van der Waals surface area contributed by atoms with Gasteiger partial charge in [0.05, 0.1) is 12.4 Å². The van der Waals surface area contributed by atoms with Gasteiger partial charge in [0.15, 0.2) is 5.82 Å². The standard InChI is InChI=1S/C18H18FN5S/c19-15-3-5-16(6-4-15)24-17(14-7-9-20-10-8-14)21-23(18(24)25)13-22-11-1-2-12-22/h3-10H,1-2,11-13H2. The normalized spacial score (nSPS) is 14.9. The molecule has 4 rings (SSSR count). The average Bonchev–Trinajstić information content (AvgIpc) is 3.26. The number of aromatic nitrogens is 4. The van der Waals surface area contributed by atoms with Crippen molar-refractivity contribution in [3.05, 3.63) is 59.4 Å². The Balaban J connectivity index is 1.83. The van der Waals surface area contributed by atoms with Gasteiger partial charge in [-0.2, -0.15) is 0 Å². The molecule has 0 N–H and O–H groups in total. The van der Waals surface area contributed by atoms with Gasteiger partial charge in [-0.05, 0) is 74.5 Å². The second-order valence-electron chi connectivity index (χ2n) is 6.12. The van der Waals surface area contributed by atoms with Gasteiger partial charge in [0.2, 0.25) is 4.77 Å². The van der Waals surface area contributed by atoms with Crippen LogP contribution in [0.15, 0.2) is 48.8 Å². The molecule has 128 valence electrons. The summed E-state index contributed by atoms with van der Waals surface area (Å²) in [6.45, 7) is 2.80. The molecule has 5 nitrogen and oxygen atoms in total. The van der Waals surface area contributed by atoms with E-state index >= 15 is 0 Å². The van der Waals surface area contributed by atoms with Crippen molar-refractivity contribution < 1.29 is 4.39 Å². The van der Waals surface area contributed by atoms with Gasteiger partial charge in [-0.3, -0.25) is 14.5 Å². The van der Waals surface area contributed by atoms with Crippen molar-refractivity contribution in [2.24, 2.45) is 0 Å². The monoisotopic (exact) mass is 355 g/mol. The lowest BCUT2D eigenvalue weighted by molar-refractivity contribution is 0.253. The first-order valence-corrected chi connectivity index (χ1v) is 8.72. The van der Waals surface area contributed by atoms with E-state index in [1.54, 1.807) is 24.5 Å². The SMILES string of the molecule is Fc1ccc(-n2c(-c3ccncc3)nn(CN3CCCC3)c2=S)cc1. The third-order valence-corrected chi connectivity index (χ3v) is 4.79. The number of pyridine rings is 1. The molecule has 3 heterocycles. The van der Waals surface area contributed by atoms with Gasteiger partial charge in [0.25, 0.3) is 0 Å². The summed E-state index contributed by atoms with van der Waals surface area (Å²) in [5.41, 5.74) is 1.72. The number of hydrogen-bond acceptors (Lipinski definition) is 4. The second kappa shape index (κ2) is 6.85. The first-order valence-electron chi connectivity index (χ1n) is 8.31. The quantitative estimate of drug-likeness (QED) is 0.670. The fourth-order valence-electron chi connectivity index (χ4n) is 3.12. The average molecular weight is 355 g/mol. The van der Waals surface area contributed by atoms with Gasteiger partial charge in [-0.25, -0.2) is 9.07 Å². The van der Waals surface area contributed by atoms with Crippen LogP contribution in [-0.4, -0.2) is 37.3 Å². The first-order chi connectivity index (χ1) is 12.2. The lowest BCUT2D eigenvalue weighted by Gasteiger charge is -2.13. The molecular formula is C18H18FN5S. The Morgan fingerprint density at radius 1 is 1.00 bits per heavy atom. The largest absolute Gasteiger partial charge is 0.284 e. The molecule has 0 bridgehead atoms. The molecule has 1 aliphatic heterocycles. The summed E-state index contributed by atoms with van der Waals surface area (Å²) in [7, 11) is 0. The van der Waals surface area contributed by atoms with Gasteiger partial charge in [-0.15, -0.1) is 5.10 Å². The number of hydrogen-bond donors (Lipinski definition) is 0. The van der Waals surface area contributed by atoms with Crippen molar-refractivity contribution >= 4 is 12.2 Å². The molecule has 3 aromatic rings. The highest BCUT2D eigenvalue weighted by Gasteiger charge is 2.18. The first kappa shape index (κ1) is 16.1. The van der Waals surface area contributed by atoms with Crippen LogP contribution in [0.4, 0.5) is 4.39 Å². The Labute approximate surface area is 150 Å². The number of rotatable bonds is 4. The van der Waals surface area contributed by atoms with E-state index in [1.807, 2.05) is 21.4 Å². The predicted molar refractivity (Wildman–Crippen MR) is 96.4 cm³/mol. The summed E-state index contributed by atoms with van der Waals surface area (Å²) in [6, 6.07) is 10.1. The topological polar surface area (TPSA) is 38.9 Å². The van der Waals surface area contributed by atoms with Crippen LogP contribution in [0.3, 0.4) is 0 Å². The predicted octanol–water partition coefficient (Wildman–Crippen LogP) is 3.66. The highest BCUT2D eigenvalue weighted by atomic mass is 32.1. The van der Waals surface area contributed by atoms with Crippen LogP contribution < -0.4 is 0 Å². The molecule has 1 fully saturated rings. The Kier molecular flexibility index (Phi) is 4.42. The van der Waals surface area contributed by atoms with Gasteiger partial charge in [-0.1, -0.05) is 0 Å². The Morgan fingerprint density at radius 2 is 1.68 bits per heavy atom. The summed E-state index contributed by atoms with van der Waals surface area (Å²) in [5.74, 6) is 0.461. The van der Waals surface area contributed by atoms with Gasteiger partial charge >= 0.3 is 0 Å². The van der Waals surface area contributed by atoms with Crippen LogP contribution in [0.2, 0.25) is 0 Å². The van der Waals surface area contributed by atoms with Gasteiger partial charge in [0, 0.05) is 18.0 Å². The van der Waals surface area contributed by atoms with E-state index in [-0.39, 0.29) is 5.82 Å². The second-order valence-corrected chi connectivity index (χ2v) is 6.49. The number of benzene rings is 1. The summed E-state index contributed by atoms with van der Waals surface area (Å²) in [6.07, 6.45) is 5.88. The van der Waals surface area contributed by atoms with E-state index in [4.69, 9.17) is 17.3 Å². The molecule has 0 saturated carbocycles. The van der Waals surface area contributed by atoms with Crippen LogP contribution in [0.25, 0.3) is 17.1 Å². The molecule has 0 spiro atoms. The van der Waals surface area contributed by atoms with E-state index in [9.17, 15) is 4.39 Å². The number of likely N-dealkylation sites (tertiary alicyclic amines) is 1. The molecule has 0 radical (unpaired) electrons. The van der Waals surface area contributed by atoms with Crippen LogP contribution in [0.5, 0.6) is 0 Å². The minimum Gasteiger partial charge on any atom is -0.284 e. The Hall–Kier alpha value is -2.38. The lowest BCUT2D eigenvalue weighted by atomic mass is 10.2. The Morgan fingerprint density at radius 3 is 2.36 bits per heavy atom. The molecule has 0 amide bonds. The zero-order chi connectivity index (χ0) is 17.2. The smallest absolute Gasteiger partial charge is 0.204 e. The summed E-state index contributed by atoms with van der Waals surface area (Å²) >= 11 is 5.69. The lowest BCUT2D eigenvalue weighted by Crippen LogP contribution is -2.23. The minimum atomic E-state index is -0.273. The van der Waals surface area contributed by atoms with Crippen molar-refractivity contribution in [1.82, 2.24) is 24.2 Å². The van der Waals surface area contributed by atoms with Crippen molar-refractivity contribution in [2.45, 2.75) is 19.5 Å². The van der Waals surface area contributed by atoms with Crippen molar-refractivity contribution in [3.8, 4) is 17.1 Å². The van der Waals surface area contributed by atoms with E-state index in [0.717, 1.165) is 30.2 Å². The summed E-state index contributed by atoms with van der Waals surface area (Å²) in [5, 5.41) is 4.75. The molecule has 7 heteroatoms. The minimum absolute atomic E-state index is 0.273. The molecular weight excluding hydrogens is 337 g/mol. The highest BCUT2D eigenvalue weighted by Crippen LogP contribution is 2.23. The number of nitrogens with zero attached hydrogens (tertiary/aromatic N) is 5. The summed E-state index contributed by atoms with van der Waals surface area (Å²) in [4.78, 5) is 6.41. The zero-order valence-electron chi connectivity index (χ0n) is 13.7. The molecule has 0 unspecified atom stereocenters. The van der Waals surface area contributed by atoms with Crippen molar-refractivity contribution in [3.63, 3.8) is 0 Å². The highest BCUT2D eigenvalue weighted by molar-refractivity contribution is 7.71. The summed E-state index contributed by atoms with van der Waals surface area (Å²) < 4.78 is 17.7. The van der Waals surface area contributed by atoms with Crippen molar-refractivity contribution in [1.29, 1.82) is 0 Å². The molecule has 0 atom stereocenters. The van der Waals surface area contributed by atoms with Gasteiger partial charge < -0.3 is 0 Å². The third kappa shape index (κ3) is 3.25. The third-order valence-electron chi connectivity index (χ3n) is 4.40. The molecule has 1 aliphatic rings. The molecule has 0 aliphatic carbocycles. The van der Waals surface area contributed by atoms with Crippen molar-refractivity contribution in [2.75, 3.05) is 13.1 Å². The molecule has 2 aromatic heterocycles. The maximum absolute atomic E-state index is 13.3. The van der Waals surface area contributed by atoms with Crippen LogP contribution in [0, 0.1) is 10.6 Å². The van der Waals surface area contributed by atoms with E-state index in [2.05, 4.69) is 9.88 Å². The maximum atomic E-state index is 13.3. The van der Waals surface area contributed by atoms with Crippen LogP contribution in [-0.2, 0) is 6.67 Å². The number of halogens is 1. The molecule has 1 saturated heterocycles. The van der Waals surface area contributed by atoms with E-state index in [1.165, 1.54) is 25.0 Å². The van der Waals surface area contributed by atoms with Crippen LogP contribution in [0.1, 0.15) is 12.8 Å². The zero-order valence-corrected chi connectivity index (χ0v) is 14.5. The van der Waals surface area contributed by atoms with E-state index in [0.29, 0.717) is 11.4 Å². The maximum Gasteiger partial charge on any atom is 0.204 e. The molecule has 1 aromatic carbocycles. The fraction of sp³-hybridized carbons (Fsp3) is 0.278. The molecule has 25 heavy (non-hydrogen) atoms.